The van der Waals surface area contributed by atoms with E-state index in [9.17, 15) is 26.3 Å². The summed E-state index contributed by atoms with van der Waals surface area (Å²) >= 11 is 0. The summed E-state index contributed by atoms with van der Waals surface area (Å²) in [5.74, 6) is 0. The second-order valence-corrected chi connectivity index (χ2v) is 3.77. The van der Waals surface area contributed by atoms with Gasteiger partial charge in [0.15, 0.2) is 0 Å². The van der Waals surface area contributed by atoms with Crippen LogP contribution in [0.15, 0.2) is 18.2 Å². The fourth-order valence-corrected chi connectivity index (χ4v) is 1.51. The molecule has 0 heterocycles. The molecule has 0 aliphatic heterocycles. The normalized spacial score (nSPS) is 14.0. The molecule has 0 unspecified atom stereocenters. The molecule has 8 heteroatoms. The Balaban J connectivity index is 3.38. The average Bonchev–Trinajstić information content (AvgIpc) is 2.26. The molecular weight excluding hydrogens is 274 g/mol. The van der Waals surface area contributed by atoms with Gasteiger partial charge in [0, 0.05) is 6.04 Å². The zero-order valence-electron chi connectivity index (χ0n) is 9.31. The molecule has 0 aliphatic carbocycles. The van der Waals surface area contributed by atoms with E-state index in [1.54, 1.807) is 6.07 Å². The summed E-state index contributed by atoms with van der Waals surface area (Å²) in [5, 5.41) is 8.38. The molecule has 1 atom stereocenters. The van der Waals surface area contributed by atoms with Crippen molar-refractivity contribution in [3.63, 3.8) is 0 Å². The summed E-state index contributed by atoms with van der Waals surface area (Å²) in [7, 11) is 0. The van der Waals surface area contributed by atoms with E-state index in [4.69, 9.17) is 11.0 Å². The number of halogens is 6. The number of nitriles is 1. The van der Waals surface area contributed by atoms with Crippen LogP contribution in [-0.4, -0.2) is 0 Å². The molecule has 1 rings (SSSR count). The lowest BCUT2D eigenvalue weighted by atomic mass is 9.96. The van der Waals surface area contributed by atoms with E-state index >= 15 is 0 Å². The topological polar surface area (TPSA) is 49.8 Å². The van der Waals surface area contributed by atoms with E-state index in [0.717, 1.165) is 0 Å². The fourth-order valence-electron chi connectivity index (χ4n) is 1.51. The Labute approximate surface area is 104 Å². The van der Waals surface area contributed by atoms with Crippen LogP contribution in [0.5, 0.6) is 0 Å². The zero-order chi connectivity index (χ0) is 14.8. The molecule has 0 aromatic heterocycles. The third kappa shape index (κ3) is 3.61. The number of hydrogen-bond acceptors (Lipinski definition) is 2. The van der Waals surface area contributed by atoms with E-state index < -0.39 is 41.5 Å². The van der Waals surface area contributed by atoms with Crippen LogP contribution in [0, 0.1) is 11.3 Å². The van der Waals surface area contributed by atoms with E-state index in [1.807, 2.05) is 0 Å². The first-order valence-electron chi connectivity index (χ1n) is 4.98. The van der Waals surface area contributed by atoms with Crippen molar-refractivity contribution in [2.24, 2.45) is 5.73 Å². The first kappa shape index (κ1) is 15.3. The van der Waals surface area contributed by atoms with Crippen molar-refractivity contribution in [2.45, 2.75) is 24.8 Å². The summed E-state index contributed by atoms with van der Waals surface area (Å²) in [6, 6.07) is 1.47. The third-order valence-electron chi connectivity index (χ3n) is 2.40. The average molecular weight is 282 g/mol. The number of nitrogens with zero attached hydrogens (tertiary/aromatic N) is 1. The highest BCUT2D eigenvalue weighted by Gasteiger charge is 2.38. The maximum Gasteiger partial charge on any atom is 0.416 e. The minimum absolute atomic E-state index is 0.00652. The van der Waals surface area contributed by atoms with Crippen molar-refractivity contribution in [1.82, 2.24) is 0 Å². The van der Waals surface area contributed by atoms with Gasteiger partial charge < -0.3 is 5.73 Å². The second-order valence-electron chi connectivity index (χ2n) is 3.77. The number of benzene rings is 1. The van der Waals surface area contributed by atoms with Gasteiger partial charge in [-0.15, -0.1) is 0 Å². The third-order valence-corrected chi connectivity index (χ3v) is 2.40. The van der Waals surface area contributed by atoms with Gasteiger partial charge in [0.05, 0.1) is 23.6 Å². The van der Waals surface area contributed by atoms with Crippen molar-refractivity contribution in [1.29, 1.82) is 5.26 Å². The smallest absolute Gasteiger partial charge is 0.323 e. The first-order chi connectivity index (χ1) is 8.57. The maximum atomic E-state index is 12.7. The standard InChI is InChI=1S/C11H8F6N2/c12-10(13,14)6-1-2-7(9(19)3-4-18)8(5-6)11(15,16)17/h1-2,5,9H,3,19H2/t9-/m0/s1. The van der Waals surface area contributed by atoms with Crippen molar-refractivity contribution in [2.75, 3.05) is 0 Å². The van der Waals surface area contributed by atoms with Crippen LogP contribution in [-0.2, 0) is 12.4 Å². The number of alkyl halides is 6. The van der Waals surface area contributed by atoms with Crippen LogP contribution < -0.4 is 5.73 Å². The van der Waals surface area contributed by atoms with Gasteiger partial charge in [0.1, 0.15) is 0 Å². The Bertz CT molecular complexity index is 497. The summed E-state index contributed by atoms with van der Waals surface area (Å²) in [6.45, 7) is 0. The molecule has 1 aromatic carbocycles. The van der Waals surface area contributed by atoms with E-state index in [1.165, 1.54) is 0 Å². The highest BCUT2D eigenvalue weighted by Crippen LogP contribution is 2.39. The van der Waals surface area contributed by atoms with Crippen LogP contribution in [0.3, 0.4) is 0 Å². The predicted molar refractivity (Wildman–Crippen MR) is 53.6 cm³/mol. The Morgan fingerprint density at radius 2 is 1.68 bits per heavy atom. The van der Waals surface area contributed by atoms with Gasteiger partial charge in [-0.05, 0) is 17.7 Å². The zero-order valence-corrected chi connectivity index (χ0v) is 9.31. The quantitative estimate of drug-likeness (QED) is 0.842. The lowest BCUT2D eigenvalue weighted by molar-refractivity contribution is -0.143. The highest BCUT2D eigenvalue weighted by molar-refractivity contribution is 5.37. The Morgan fingerprint density at radius 1 is 1.11 bits per heavy atom. The molecule has 0 saturated carbocycles. The molecule has 2 N–H and O–H groups in total. The lowest BCUT2D eigenvalue weighted by Gasteiger charge is -2.18. The van der Waals surface area contributed by atoms with Gasteiger partial charge in [-0.2, -0.15) is 31.6 Å². The molecular formula is C11H8F6N2. The Morgan fingerprint density at radius 3 is 2.11 bits per heavy atom. The van der Waals surface area contributed by atoms with Crippen LogP contribution in [0.4, 0.5) is 26.3 Å². The van der Waals surface area contributed by atoms with Gasteiger partial charge in [-0.25, -0.2) is 0 Å². The molecule has 19 heavy (non-hydrogen) atoms. The summed E-state index contributed by atoms with van der Waals surface area (Å²) in [5.41, 5.74) is 1.96. The monoisotopic (exact) mass is 282 g/mol. The van der Waals surface area contributed by atoms with Crippen molar-refractivity contribution in [3.05, 3.63) is 34.9 Å². The van der Waals surface area contributed by atoms with Crippen LogP contribution in [0.1, 0.15) is 29.2 Å². The number of nitrogens with two attached hydrogens (primary N) is 1. The van der Waals surface area contributed by atoms with Crippen LogP contribution >= 0.6 is 0 Å². The first-order valence-corrected chi connectivity index (χ1v) is 4.98. The van der Waals surface area contributed by atoms with Crippen molar-refractivity contribution in [3.8, 4) is 6.07 Å². The Hall–Kier alpha value is -1.75. The molecule has 0 fully saturated rings. The van der Waals surface area contributed by atoms with Crippen LogP contribution in [0.2, 0.25) is 0 Å². The fraction of sp³-hybridized carbons (Fsp3) is 0.364. The summed E-state index contributed by atoms with van der Waals surface area (Å²) in [6.07, 6.45) is -10.3. The van der Waals surface area contributed by atoms with E-state index in [2.05, 4.69) is 0 Å². The van der Waals surface area contributed by atoms with Crippen molar-refractivity contribution < 1.29 is 26.3 Å². The molecule has 1 aromatic rings. The number of hydrogen-bond donors (Lipinski definition) is 1. The molecule has 104 valence electrons. The van der Waals surface area contributed by atoms with Crippen molar-refractivity contribution >= 4 is 0 Å². The Kier molecular flexibility index (Phi) is 4.10. The van der Waals surface area contributed by atoms with Gasteiger partial charge in [0.25, 0.3) is 0 Å². The predicted octanol–water partition coefficient (Wildman–Crippen LogP) is 3.64. The minimum atomic E-state index is -4.97. The van der Waals surface area contributed by atoms with Gasteiger partial charge >= 0.3 is 12.4 Å². The summed E-state index contributed by atoms with van der Waals surface area (Å²) < 4.78 is 75.3. The largest absolute Gasteiger partial charge is 0.416 e. The molecule has 0 aliphatic rings. The lowest BCUT2D eigenvalue weighted by Crippen LogP contribution is -2.19. The molecule has 0 radical (unpaired) electrons. The molecule has 0 saturated heterocycles. The van der Waals surface area contributed by atoms with E-state index in [0.29, 0.717) is 12.1 Å². The maximum absolute atomic E-state index is 12.7. The van der Waals surface area contributed by atoms with Gasteiger partial charge in [0.2, 0.25) is 0 Å². The SMILES string of the molecule is N#CC[C@H](N)c1ccc(C(F)(F)F)cc1C(F)(F)F. The highest BCUT2D eigenvalue weighted by atomic mass is 19.4. The van der Waals surface area contributed by atoms with Crippen LogP contribution in [0.25, 0.3) is 0 Å². The molecule has 0 amide bonds. The minimum Gasteiger partial charge on any atom is -0.323 e. The van der Waals surface area contributed by atoms with Gasteiger partial charge in [-0.3, -0.25) is 0 Å². The van der Waals surface area contributed by atoms with E-state index in [-0.39, 0.29) is 6.07 Å². The molecule has 0 spiro atoms. The number of rotatable bonds is 2. The second kappa shape index (κ2) is 5.09. The molecule has 2 nitrogen and oxygen atoms in total. The molecule has 0 bridgehead atoms. The summed E-state index contributed by atoms with van der Waals surface area (Å²) in [4.78, 5) is 0. The van der Waals surface area contributed by atoms with Gasteiger partial charge in [-0.1, -0.05) is 6.07 Å².